The van der Waals surface area contributed by atoms with E-state index in [9.17, 15) is 24.0 Å². The molecule has 0 aliphatic carbocycles. The Kier molecular flexibility index (Phi) is 7.74. The molecule has 1 aliphatic heterocycles. The largest absolute Gasteiger partial charge is 0.466 e. The number of halogens is 1. The van der Waals surface area contributed by atoms with E-state index >= 15 is 0 Å². The Morgan fingerprint density at radius 3 is 2.28 bits per heavy atom. The van der Waals surface area contributed by atoms with Crippen LogP contribution in [-0.4, -0.2) is 32.1 Å². The molecule has 9 nitrogen and oxygen atoms in total. The summed E-state index contributed by atoms with van der Waals surface area (Å²) in [5.41, 5.74) is 6.35. The number of allylic oxidation sites excluding steroid dienone is 1. The van der Waals surface area contributed by atoms with E-state index in [0.29, 0.717) is 5.56 Å². The highest BCUT2D eigenvalue weighted by Crippen LogP contribution is 2.43. The minimum atomic E-state index is -1.03. The number of benzene rings is 2. The van der Waals surface area contributed by atoms with Gasteiger partial charge in [0.1, 0.15) is 17.3 Å². The summed E-state index contributed by atoms with van der Waals surface area (Å²) in [6, 6.07) is 14.2. The summed E-state index contributed by atoms with van der Waals surface area (Å²) in [7, 11) is 2.26. The molecular weight excluding hydrogens is 467 g/mol. The number of nitrogens with one attached hydrogen (secondary N) is 1. The number of hydrogen-bond acceptors (Lipinski definition) is 8. The Morgan fingerprint density at radius 2 is 1.72 bits per heavy atom. The monoisotopic (exact) mass is 492 g/mol. The molecule has 1 heterocycles. The van der Waals surface area contributed by atoms with E-state index in [2.05, 4.69) is 5.32 Å². The molecule has 0 bridgehead atoms. The van der Waals surface area contributed by atoms with E-state index in [0.717, 1.165) is 25.2 Å². The van der Waals surface area contributed by atoms with Gasteiger partial charge in [0.2, 0.25) is 5.91 Å². The van der Waals surface area contributed by atoms with E-state index in [-0.39, 0.29) is 34.0 Å². The summed E-state index contributed by atoms with van der Waals surface area (Å²) in [5.74, 6) is -4.62. The summed E-state index contributed by atoms with van der Waals surface area (Å²) in [4.78, 5) is 39.5. The first-order valence-electron chi connectivity index (χ1n) is 10.9. The zero-order valence-corrected chi connectivity index (χ0v) is 20.2. The molecule has 186 valence electrons. The zero-order chi connectivity index (χ0) is 26.6. The third-order valence-electron chi connectivity index (χ3n) is 5.60. The van der Waals surface area contributed by atoms with Crippen LogP contribution in [0.15, 0.2) is 71.2 Å². The number of rotatable bonds is 6. The zero-order valence-electron chi connectivity index (χ0n) is 20.2. The molecule has 0 spiro atoms. The number of carbonyl (C=O) groups excluding carboxylic acids is 3. The second kappa shape index (κ2) is 10.7. The third kappa shape index (κ3) is 4.77. The van der Waals surface area contributed by atoms with Crippen LogP contribution in [-0.2, 0) is 23.9 Å². The number of amides is 1. The summed E-state index contributed by atoms with van der Waals surface area (Å²) in [5, 5.41) is 12.5. The second-order valence-electron chi connectivity index (χ2n) is 8.14. The van der Waals surface area contributed by atoms with Crippen molar-refractivity contribution in [1.82, 2.24) is 0 Å². The summed E-state index contributed by atoms with van der Waals surface area (Å²) >= 11 is 0. The predicted octanol–water partition coefficient (Wildman–Crippen LogP) is 3.32. The highest BCUT2D eigenvalue weighted by Gasteiger charge is 2.43. The van der Waals surface area contributed by atoms with E-state index in [4.69, 9.17) is 15.2 Å². The molecule has 3 N–H and O–H groups in total. The van der Waals surface area contributed by atoms with Gasteiger partial charge in [0.05, 0.1) is 48.7 Å². The highest BCUT2D eigenvalue weighted by molar-refractivity contribution is 6.06. The van der Waals surface area contributed by atoms with Gasteiger partial charge in [0, 0.05) is 5.92 Å². The average Bonchev–Trinajstić information content (AvgIpc) is 2.88. The van der Waals surface area contributed by atoms with E-state index < -0.39 is 35.5 Å². The topological polar surface area (TPSA) is 135 Å². The molecule has 1 aliphatic rings. The molecule has 3 rings (SSSR count). The minimum Gasteiger partial charge on any atom is -0.466 e. The molecule has 10 heteroatoms. The summed E-state index contributed by atoms with van der Waals surface area (Å²) in [6.07, 6.45) is 0. The minimum absolute atomic E-state index is 0.0358. The maximum absolute atomic E-state index is 14.6. The van der Waals surface area contributed by atoms with Crippen LogP contribution in [0.4, 0.5) is 15.8 Å². The van der Waals surface area contributed by atoms with Gasteiger partial charge in [-0.3, -0.25) is 9.69 Å². The first-order chi connectivity index (χ1) is 17.2. The third-order valence-corrected chi connectivity index (χ3v) is 5.60. The Labute approximate surface area is 207 Å². The van der Waals surface area contributed by atoms with Crippen LogP contribution in [0.1, 0.15) is 25.3 Å². The van der Waals surface area contributed by atoms with Crippen LogP contribution in [0, 0.1) is 23.1 Å². The maximum Gasteiger partial charge on any atom is 0.355 e. The first-order valence-corrected chi connectivity index (χ1v) is 10.9. The van der Waals surface area contributed by atoms with Gasteiger partial charge < -0.3 is 20.5 Å². The van der Waals surface area contributed by atoms with Crippen molar-refractivity contribution in [3.8, 4) is 6.07 Å². The Bertz CT molecular complexity index is 1310. The smallest absolute Gasteiger partial charge is 0.355 e. The molecule has 0 saturated heterocycles. The number of carbonyl (C=O) groups is 3. The van der Waals surface area contributed by atoms with Gasteiger partial charge >= 0.3 is 11.9 Å². The van der Waals surface area contributed by atoms with E-state index in [1.54, 1.807) is 44.2 Å². The lowest BCUT2D eigenvalue weighted by molar-refractivity contribution is -0.139. The summed E-state index contributed by atoms with van der Waals surface area (Å²) < 4.78 is 24.5. The van der Waals surface area contributed by atoms with Gasteiger partial charge in [-0.1, -0.05) is 44.2 Å². The fraction of sp³-hybridized carbons (Fsp3) is 0.231. The number of nitrogens with zero attached hydrogens (tertiary/aromatic N) is 2. The number of anilines is 2. The Balaban J connectivity index is 2.34. The number of methoxy groups -OCH3 is 2. The quantitative estimate of drug-likeness (QED) is 0.587. The van der Waals surface area contributed by atoms with Gasteiger partial charge in [0.25, 0.3) is 0 Å². The van der Waals surface area contributed by atoms with Crippen molar-refractivity contribution in [1.29, 1.82) is 5.26 Å². The normalized spacial score (nSPS) is 15.5. The predicted molar refractivity (Wildman–Crippen MR) is 129 cm³/mol. The molecule has 0 saturated carbocycles. The van der Waals surface area contributed by atoms with Crippen LogP contribution in [0.25, 0.3) is 0 Å². The fourth-order valence-electron chi connectivity index (χ4n) is 3.81. The van der Waals surface area contributed by atoms with Gasteiger partial charge in [-0.15, -0.1) is 0 Å². The van der Waals surface area contributed by atoms with Crippen molar-refractivity contribution in [2.24, 2.45) is 11.7 Å². The molecule has 0 aromatic heterocycles. The van der Waals surface area contributed by atoms with Gasteiger partial charge in [-0.05, 0) is 23.8 Å². The van der Waals surface area contributed by atoms with Crippen molar-refractivity contribution in [2.45, 2.75) is 19.8 Å². The van der Waals surface area contributed by atoms with Crippen LogP contribution in [0.2, 0.25) is 0 Å². The van der Waals surface area contributed by atoms with Crippen LogP contribution in [0.3, 0.4) is 0 Å². The molecule has 0 radical (unpaired) electrons. The van der Waals surface area contributed by atoms with Crippen molar-refractivity contribution in [2.75, 3.05) is 24.4 Å². The van der Waals surface area contributed by atoms with Crippen LogP contribution < -0.4 is 16.0 Å². The van der Waals surface area contributed by atoms with E-state index in [1.165, 1.54) is 12.1 Å². The SMILES string of the molecule is COC(=O)C1=C(C(=O)OC)N(c2ccc(F)c(NC(=O)C(C)C)c2)C(N)=C(C#N)C1c1ccccc1. The molecule has 2 aromatic rings. The van der Waals surface area contributed by atoms with Crippen molar-refractivity contribution in [3.63, 3.8) is 0 Å². The fourth-order valence-corrected chi connectivity index (χ4v) is 3.81. The molecule has 0 fully saturated rings. The number of nitriles is 1. The number of ether oxygens (including phenoxy) is 2. The van der Waals surface area contributed by atoms with Crippen molar-refractivity contribution in [3.05, 3.63) is 82.6 Å². The van der Waals surface area contributed by atoms with Crippen molar-refractivity contribution < 1.29 is 28.2 Å². The van der Waals surface area contributed by atoms with Gasteiger partial charge in [-0.25, -0.2) is 14.0 Å². The number of hydrogen-bond donors (Lipinski definition) is 2. The van der Waals surface area contributed by atoms with Crippen molar-refractivity contribution >= 4 is 29.2 Å². The average molecular weight is 493 g/mol. The van der Waals surface area contributed by atoms with Gasteiger partial charge in [-0.2, -0.15) is 5.26 Å². The lowest BCUT2D eigenvalue weighted by Gasteiger charge is -2.36. The molecule has 1 unspecified atom stereocenters. The van der Waals surface area contributed by atoms with Gasteiger partial charge in [0.15, 0.2) is 0 Å². The molecule has 1 atom stereocenters. The van der Waals surface area contributed by atoms with Crippen LogP contribution in [0.5, 0.6) is 0 Å². The molecular formula is C26H25FN4O5. The molecule has 36 heavy (non-hydrogen) atoms. The Hall–Kier alpha value is -4.65. The lowest BCUT2D eigenvalue weighted by atomic mass is 9.81. The van der Waals surface area contributed by atoms with Crippen LogP contribution >= 0.6 is 0 Å². The first kappa shape index (κ1) is 26.0. The standard InChI is InChI=1S/C26H25FN4O5/c1-14(2)24(32)30-19-12-16(10-11-18(19)27)31-22(26(34)36-4)21(25(33)35-3)20(17(13-28)23(31)29)15-8-6-5-7-9-15/h5-12,14,20H,29H2,1-4H3,(H,30,32). The highest BCUT2D eigenvalue weighted by atomic mass is 19.1. The summed E-state index contributed by atoms with van der Waals surface area (Å²) in [6.45, 7) is 3.29. The molecule has 2 aromatic carbocycles. The number of esters is 2. The second-order valence-corrected chi connectivity index (χ2v) is 8.14. The maximum atomic E-state index is 14.6. The van der Waals surface area contributed by atoms with E-state index in [1.807, 2.05) is 6.07 Å². The number of nitrogens with two attached hydrogens (primary N) is 1. The molecule has 1 amide bonds. The Morgan fingerprint density at radius 1 is 1.08 bits per heavy atom. The lowest BCUT2D eigenvalue weighted by Crippen LogP contribution is -2.40.